The number of hydrogen-bond donors (Lipinski definition) is 1. The van der Waals surface area contributed by atoms with Crippen molar-refractivity contribution in [1.82, 2.24) is 15.1 Å². The number of hydrogen-bond acceptors (Lipinski definition) is 4. The fourth-order valence-corrected chi connectivity index (χ4v) is 5.08. The summed E-state index contributed by atoms with van der Waals surface area (Å²) in [6, 6.07) is 17.8. The summed E-state index contributed by atoms with van der Waals surface area (Å²) >= 11 is 0. The molecule has 0 unspecified atom stereocenters. The molecular weight excluding hydrogens is 400 g/mol. The number of amides is 2. The normalized spacial score (nSPS) is 23.5. The number of nitrogens with zero attached hydrogens (tertiary/aromatic N) is 3. The van der Waals surface area contributed by atoms with Crippen LogP contribution < -0.4 is 10.2 Å². The van der Waals surface area contributed by atoms with Gasteiger partial charge in [0.1, 0.15) is 0 Å². The molecule has 2 aromatic carbocycles. The molecule has 2 atom stereocenters. The number of likely N-dealkylation sites (tertiary alicyclic amines) is 1. The number of benzene rings is 2. The van der Waals surface area contributed by atoms with Crippen LogP contribution in [0.2, 0.25) is 0 Å². The topological polar surface area (TPSA) is 55.9 Å². The van der Waals surface area contributed by atoms with Gasteiger partial charge in [-0.2, -0.15) is 0 Å². The molecule has 0 saturated carbocycles. The van der Waals surface area contributed by atoms with Crippen LogP contribution in [0.4, 0.5) is 5.69 Å². The van der Waals surface area contributed by atoms with Crippen LogP contribution in [0.25, 0.3) is 0 Å². The third-order valence-corrected chi connectivity index (χ3v) is 6.95. The lowest BCUT2D eigenvalue weighted by atomic mass is 9.86. The van der Waals surface area contributed by atoms with E-state index < -0.39 is 5.54 Å². The standard InChI is InChI=1S/C26H34N4O2/c1-4-28(5-2)15-16-30-23-14-10-9-13-21(23)24(31)27-26(3)19-29(18-22(26)25(30)32)17-20-11-7-6-8-12-20/h6-14,22H,4-5,15-19H2,1-3H3,(H,27,31)/t22-,26-/m0/s1. The number of carbonyl (C=O) groups is 2. The van der Waals surface area contributed by atoms with Crippen LogP contribution in [0, 0.1) is 5.92 Å². The predicted octanol–water partition coefficient (Wildman–Crippen LogP) is 3.00. The van der Waals surface area contributed by atoms with Gasteiger partial charge < -0.3 is 15.1 Å². The van der Waals surface area contributed by atoms with Gasteiger partial charge in [-0.1, -0.05) is 56.3 Å². The lowest BCUT2D eigenvalue weighted by Crippen LogP contribution is -2.59. The van der Waals surface area contributed by atoms with E-state index in [9.17, 15) is 9.59 Å². The molecule has 2 aliphatic heterocycles. The maximum atomic E-state index is 14.0. The largest absolute Gasteiger partial charge is 0.345 e. The minimum atomic E-state index is -0.607. The summed E-state index contributed by atoms with van der Waals surface area (Å²) < 4.78 is 0. The Morgan fingerprint density at radius 1 is 1.03 bits per heavy atom. The first-order valence-corrected chi connectivity index (χ1v) is 11.7. The van der Waals surface area contributed by atoms with Gasteiger partial charge in [0.25, 0.3) is 5.91 Å². The Morgan fingerprint density at radius 3 is 2.44 bits per heavy atom. The number of carbonyl (C=O) groups excluding carboxylic acids is 2. The second-order valence-electron chi connectivity index (χ2n) is 9.11. The molecule has 0 aromatic heterocycles. The Balaban J connectivity index is 1.65. The Bertz CT molecular complexity index is 959. The molecular formula is C26H34N4O2. The van der Waals surface area contributed by atoms with Crippen LogP contribution in [-0.2, 0) is 11.3 Å². The number of nitrogens with one attached hydrogen (secondary N) is 1. The maximum absolute atomic E-state index is 14.0. The number of likely N-dealkylation sites (N-methyl/N-ethyl adjacent to an activating group) is 1. The molecule has 1 saturated heterocycles. The third kappa shape index (κ3) is 4.43. The summed E-state index contributed by atoms with van der Waals surface area (Å²) in [5, 5.41) is 3.23. The Morgan fingerprint density at radius 2 is 1.72 bits per heavy atom. The van der Waals surface area contributed by atoms with Crippen molar-refractivity contribution in [2.24, 2.45) is 5.92 Å². The highest BCUT2D eigenvalue weighted by molar-refractivity contribution is 6.07. The van der Waals surface area contributed by atoms with Crippen LogP contribution in [0.3, 0.4) is 0 Å². The highest BCUT2D eigenvalue weighted by Crippen LogP contribution is 2.35. The van der Waals surface area contributed by atoms with Gasteiger partial charge in [0, 0.05) is 32.7 Å². The maximum Gasteiger partial charge on any atom is 0.253 e. The minimum Gasteiger partial charge on any atom is -0.345 e. The number of anilines is 1. The van der Waals surface area contributed by atoms with Crippen molar-refractivity contribution in [1.29, 1.82) is 0 Å². The lowest BCUT2D eigenvalue weighted by Gasteiger charge is -2.38. The van der Waals surface area contributed by atoms with E-state index in [2.05, 4.69) is 41.1 Å². The molecule has 0 spiro atoms. The van der Waals surface area contributed by atoms with Crippen molar-refractivity contribution >= 4 is 17.5 Å². The van der Waals surface area contributed by atoms with E-state index in [0.29, 0.717) is 30.9 Å². The van der Waals surface area contributed by atoms with Gasteiger partial charge in [-0.3, -0.25) is 14.5 Å². The fourth-order valence-electron chi connectivity index (χ4n) is 5.08. The first kappa shape index (κ1) is 22.5. The quantitative estimate of drug-likeness (QED) is 0.728. The zero-order chi connectivity index (χ0) is 22.7. The second-order valence-corrected chi connectivity index (χ2v) is 9.11. The molecule has 2 amide bonds. The van der Waals surface area contributed by atoms with E-state index in [0.717, 1.165) is 26.2 Å². The summed E-state index contributed by atoms with van der Waals surface area (Å²) in [6.07, 6.45) is 0. The van der Waals surface area contributed by atoms with E-state index in [1.165, 1.54) is 5.56 Å². The van der Waals surface area contributed by atoms with Crippen molar-refractivity contribution in [3.05, 3.63) is 65.7 Å². The molecule has 32 heavy (non-hydrogen) atoms. The first-order chi connectivity index (χ1) is 15.4. The van der Waals surface area contributed by atoms with Crippen LogP contribution >= 0.6 is 0 Å². The van der Waals surface area contributed by atoms with E-state index in [1.807, 2.05) is 54.3 Å². The van der Waals surface area contributed by atoms with Crippen LogP contribution in [0.15, 0.2) is 54.6 Å². The van der Waals surface area contributed by atoms with Gasteiger partial charge in [-0.05, 0) is 37.7 Å². The van der Waals surface area contributed by atoms with E-state index in [4.69, 9.17) is 0 Å². The van der Waals surface area contributed by atoms with Crippen molar-refractivity contribution in [3.63, 3.8) is 0 Å². The zero-order valence-electron chi connectivity index (χ0n) is 19.4. The van der Waals surface area contributed by atoms with Gasteiger partial charge in [0.05, 0.1) is 22.7 Å². The molecule has 4 rings (SSSR count). The molecule has 1 fully saturated rings. The van der Waals surface area contributed by atoms with Crippen molar-refractivity contribution < 1.29 is 9.59 Å². The van der Waals surface area contributed by atoms with Crippen LogP contribution in [0.5, 0.6) is 0 Å². The van der Waals surface area contributed by atoms with Crippen molar-refractivity contribution in [3.8, 4) is 0 Å². The zero-order valence-corrected chi connectivity index (χ0v) is 19.4. The first-order valence-electron chi connectivity index (χ1n) is 11.7. The monoisotopic (exact) mass is 434 g/mol. The molecule has 2 aromatic rings. The van der Waals surface area contributed by atoms with Gasteiger partial charge >= 0.3 is 0 Å². The van der Waals surface area contributed by atoms with Gasteiger partial charge in [0.2, 0.25) is 5.91 Å². The molecule has 2 heterocycles. The molecule has 2 aliphatic rings. The highest BCUT2D eigenvalue weighted by atomic mass is 16.2. The summed E-state index contributed by atoms with van der Waals surface area (Å²) in [6.45, 7) is 11.6. The average molecular weight is 435 g/mol. The number of para-hydroxylation sites is 1. The Labute approximate surface area is 191 Å². The smallest absolute Gasteiger partial charge is 0.253 e. The predicted molar refractivity (Wildman–Crippen MR) is 128 cm³/mol. The summed E-state index contributed by atoms with van der Waals surface area (Å²) in [7, 11) is 0. The molecule has 170 valence electrons. The third-order valence-electron chi connectivity index (χ3n) is 6.95. The second kappa shape index (κ2) is 9.43. The van der Waals surface area contributed by atoms with Crippen molar-refractivity contribution in [2.75, 3.05) is 44.2 Å². The van der Waals surface area contributed by atoms with E-state index >= 15 is 0 Å². The van der Waals surface area contributed by atoms with E-state index in [-0.39, 0.29) is 17.7 Å². The molecule has 1 N–H and O–H groups in total. The van der Waals surface area contributed by atoms with E-state index in [1.54, 1.807) is 0 Å². The summed E-state index contributed by atoms with van der Waals surface area (Å²) in [5.41, 5.74) is 1.89. The fraction of sp³-hybridized carbons (Fsp3) is 0.462. The Kier molecular flexibility index (Phi) is 6.63. The van der Waals surface area contributed by atoms with Gasteiger partial charge in [-0.25, -0.2) is 0 Å². The summed E-state index contributed by atoms with van der Waals surface area (Å²) in [5.74, 6) is -0.294. The number of rotatable bonds is 7. The SMILES string of the molecule is CCN(CC)CCN1C(=O)[C@@H]2CN(Cc3ccccc3)C[C@]2(C)NC(=O)c2ccccc21. The minimum absolute atomic E-state index is 0.0997. The van der Waals surface area contributed by atoms with Gasteiger partial charge in [-0.15, -0.1) is 0 Å². The van der Waals surface area contributed by atoms with Crippen molar-refractivity contribution in [2.45, 2.75) is 32.9 Å². The molecule has 0 aliphatic carbocycles. The lowest BCUT2D eigenvalue weighted by molar-refractivity contribution is -0.123. The molecule has 6 nitrogen and oxygen atoms in total. The molecule has 0 bridgehead atoms. The Hall–Kier alpha value is -2.70. The highest BCUT2D eigenvalue weighted by Gasteiger charge is 2.50. The van der Waals surface area contributed by atoms with Crippen LogP contribution in [-0.4, -0.2) is 66.4 Å². The summed E-state index contributed by atoms with van der Waals surface area (Å²) in [4.78, 5) is 33.7. The average Bonchev–Trinajstić information content (AvgIpc) is 3.11. The molecule has 0 radical (unpaired) electrons. The van der Waals surface area contributed by atoms with Gasteiger partial charge in [0.15, 0.2) is 0 Å². The molecule has 6 heteroatoms. The number of fused-ring (bicyclic) bond motifs is 2. The van der Waals surface area contributed by atoms with Crippen LogP contribution in [0.1, 0.15) is 36.7 Å².